The predicted molar refractivity (Wildman–Crippen MR) is 115 cm³/mol. The fourth-order valence-electron chi connectivity index (χ4n) is 3.31. The first-order chi connectivity index (χ1) is 13.9. The Labute approximate surface area is 176 Å². The first kappa shape index (κ1) is 21.8. The largest absolute Gasteiger partial charge is 0.494 e. The molecule has 1 aromatic carbocycles. The highest BCUT2D eigenvalue weighted by atomic mass is 32.2. The zero-order valence-electron chi connectivity index (χ0n) is 16.6. The van der Waals surface area contributed by atoms with Crippen molar-refractivity contribution in [2.45, 2.75) is 43.0 Å². The molecular formula is C20H27N3O4S2. The lowest BCUT2D eigenvalue weighted by Crippen LogP contribution is -2.50. The Bertz CT molecular complexity index is 890. The normalized spacial score (nSPS) is 17.0. The van der Waals surface area contributed by atoms with Gasteiger partial charge in [0, 0.05) is 24.8 Å². The number of nitrogens with zero attached hydrogens (tertiary/aromatic N) is 1. The van der Waals surface area contributed by atoms with Crippen LogP contribution in [0.5, 0.6) is 5.75 Å². The third-order valence-corrected chi connectivity index (χ3v) is 7.89. The van der Waals surface area contributed by atoms with Gasteiger partial charge in [-0.3, -0.25) is 9.69 Å². The lowest BCUT2D eigenvalue weighted by Gasteiger charge is -2.35. The van der Waals surface area contributed by atoms with E-state index in [0.29, 0.717) is 36.7 Å². The van der Waals surface area contributed by atoms with Gasteiger partial charge in [0.05, 0.1) is 12.6 Å². The highest BCUT2D eigenvalue weighted by molar-refractivity contribution is 7.91. The molecule has 9 heteroatoms. The molecule has 158 valence electrons. The lowest BCUT2D eigenvalue weighted by molar-refractivity contribution is -0.121. The Hall–Kier alpha value is -1.94. The van der Waals surface area contributed by atoms with Crippen LogP contribution < -0.4 is 14.8 Å². The molecule has 0 aliphatic carbocycles. The average molecular weight is 438 g/mol. The zero-order chi connectivity index (χ0) is 20.9. The van der Waals surface area contributed by atoms with Crippen LogP contribution >= 0.6 is 11.3 Å². The van der Waals surface area contributed by atoms with Gasteiger partial charge in [-0.05, 0) is 62.4 Å². The van der Waals surface area contributed by atoms with E-state index in [1.807, 2.05) is 38.1 Å². The Morgan fingerprint density at radius 1 is 1.24 bits per heavy atom. The van der Waals surface area contributed by atoms with Gasteiger partial charge in [-0.2, -0.15) is 0 Å². The van der Waals surface area contributed by atoms with Crippen molar-refractivity contribution in [2.75, 3.05) is 25.0 Å². The molecule has 1 saturated heterocycles. The molecule has 2 aromatic rings. The van der Waals surface area contributed by atoms with Crippen molar-refractivity contribution >= 4 is 33.0 Å². The second-order valence-electron chi connectivity index (χ2n) is 6.99. The van der Waals surface area contributed by atoms with Gasteiger partial charge in [-0.1, -0.05) is 6.07 Å². The number of thiophene rings is 1. The molecule has 2 N–H and O–H groups in total. The maximum atomic E-state index is 12.6. The topological polar surface area (TPSA) is 87.7 Å². The minimum absolute atomic E-state index is 0.0771. The third kappa shape index (κ3) is 5.79. The molecule has 1 unspecified atom stereocenters. The number of rotatable bonds is 8. The Morgan fingerprint density at radius 2 is 1.93 bits per heavy atom. The van der Waals surface area contributed by atoms with Crippen molar-refractivity contribution in [3.05, 3.63) is 41.8 Å². The monoisotopic (exact) mass is 437 g/mol. The standard InChI is InChI=1S/C20H27N3O4S2/c1-3-27-18-8-6-16(7-9-18)21-20(24)15(2)23-12-10-17(11-13-23)22-29(25,26)19-5-4-14-28-19/h4-9,14-15,17,22H,3,10-13H2,1-2H3,(H,21,24). The van der Waals surface area contributed by atoms with Gasteiger partial charge < -0.3 is 10.1 Å². The summed E-state index contributed by atoms with van der Waals surface area (Å²) in [4.78, 5) is 14.7. The predicted octanol–water partition coefficient (Wildman–Crippen LogP) is 2.92. The first-order valence-electron chi connectivity index (χ1n) is 9.72. The third-order valence-electron chi connectivity index (χ3n) is 4.97. The summed E-state index contributed by atoms with van der Waals surface area (Å²) in [7, 11) is -3.46. The SMILES string of the molecule is CCOc1ccc(NC(=O)C(C)N2CCC(NS(=O)(=O)c3cccs3)CC2)cc1. The molecule has 1 aliphatic rings. The van der Waals surface area contributed by atoms with E-state index in [4.69, 9.17) is 4.74 Å². The number of likely N-dealkylation sites (tertiary alicyclic amines) is 1. The van der Waals surface area contributed by atoms with Gasteiger partial charge in [-0.25, -0.2) is 13.1 Å². The number of carbonyl (C=O) groups is 1. The molecule has 7 nitrogen and oxygen atoms in total. The van der Waals surface area contributed by atoms with Crippen LogP contribution in [0.15, 0.2) is 46.0 Å². The number of hydrogen-bond donors (Lipinski definition) is 2. The molecule has 0 spiro atoms. The van der Waals surface area contributed by atoms with Crippen LogP contribution in [0.4, 0.5) is 5.69 Å². The number of amides is 1. The molecule has 3 rings (SSSR count). The summed E-state index contributed by atoms with van der Waals surface area (Å²) in [6.45, 7) is 5.72. The molecule has 0 saturated carbocycles. The van der Waals surface area contributed by atoms with Crippen molar-refractivity contribution in [3.63, 3.8) is 0 Å². The molecule has 1 atom stereocenters. The van der Waals surface area contributed by atoms with Crippen molar-refractivity contribution in [2.24, 2.45) is 0 Å². The molecule has 1 amide bonds. The van der Waals surface area contributed by atoms with Crippen molar-refractivity contribution in [3.8, 4) is 5.75 Å². The van der Waals surface area contributed by atoms with E-state index in [-0.39, 0.29) is 18.0 Å². The number of ether oxygens (including phenoxy) is 1. The lowest BCUT2D eigenvalue weighted by atomic mass is 10.0. The van der Waals surface area contributed by atoms with Gasteiger partial charge in [0.1, 0.15) is 9.96 Å². The summed E-state index contributed by atoms with van der Waals surface area (Å²) in [5.74, 6) is 0.692. The Morgan fingerprint density at radius 3 is 2.52 bits per heavy atom. The molecule has 0 bridgehead atoms. The number of carbonyl (C=O) groups excluding carboxylic acids is 1. The Balaban J connectivity index is 1.49. The summed E-state index contributed by atoms with van der Waals surface area (Å²) >= 11 is 1.21. The summed E-state index contributed by atoms with van der Waals surface area (Å²) in [5.41, 5.74) is 0.726. The van der Waals surface area contributed by atoms with E-state index in [0.717, 1.165) is 11.4 Å². The average Bonchev–Trinajstić information content (AvgIpc) is 3.25. The quantitative estimate of drug-likeness (QED) is 0.663. The Kier molecular flexibility index (Phi) is 7.28. The smallest absolute Gasteiger partial charge is 0.250 e. The summed E-state index contributed by atoms with van der Waals surface area (Å²) in [6, 6.07) is 10.2. The molecule has 1 aliphatic heterocycles. The molecular weight excluding hydrogens is 410 g/mol. The highest BCUT2D eigenvalue weighted by Crippen LogP contribution is 2.20. The minimum Gasteiger partial charge on any atom is -0.494 e. The fraction of sp³-hybridized carbons (Fsp3) is 0.450. The van der Waals surface area contributed by atoms with E-state index >= 15 is 0 Å². The molecule has 0 radical (unpaired) electrons. The second kappa shape index (κ2) is 9.71. The van der Waals surface area contributed by atoms with Crippen molar-refractivity contribution in [1.82, 2.24) is 9.62 Å². The molecule has 29 heavy (non-hydrogen) atoms. The second-order valence-corrected chi connectivity index (χ2v) is 9.87. The summed E-state index contributed by atoms with van der Waals surface area (Å²) in [6.07, 6.45) is 1.34. The van der Waals surface area contributed by atoms with Gasteiger partial charge in [0.2, 0.25) is 15.9 Å². The maximum absolute atomic E-state index is 12.6. The van der Waals surface area contributed by atoms with Gasteiger partial charge in [0.15, 0.2) is 0 Å². The minimum atomic E-state index is -3.46. The highest BCUT2D eigenvalue weighted by Gasteiger charge is 2.29. The summed E-state index contributed by atoms with van der Waals surface area (Å²) < 4.78 is 33.3. The van der Waals surface area contributed by atoms with Crippen LogP contribution in [-0.2, 0) is 14.8 Å². The van der Waals surface area contributed by atoms with E-state index in [9.17, 15) is 13.2 Å². The summed E-state index contributed by atoms with van der Waals surface area (Å²) in [5, 5.41) is 4.68. The van der Waals surface area contributed by atoms with Gasteiger partial charge >= 0.3 is 0 Å². The van der Waals surface area contributed by atoms with Crippen LogP contribution in [0.3, 0.4) is 0 Å². The fourth-order valence-corrected chi connectivity index (χ4v) is 5.63. The molecule has 1 aromatic heterocycles. The van der Waals surface area contributed by atoms with Gasteiger partial charge in [0.25, 0.3) is 0 Å². The number of hydrogen-bond acceptors (Lipinski definition) is 6. The molecule has 2 heterocycles. The first-order valence-corrected chi connectivity index (χ1v) is 12.1. The number of benzene rings is 1. The van der Waals surface area contributed by atoms with E-state index in [1.54, 1.807) is 17.5 Å². The van der Waals surface area contributed by atoms with Crippen molar-refractivity contribution < 1.29 is 17.9 Å². The zero-order valence-corrected chi connectivity index (χ0v) is 18.3. The number of anilines is 1. The number of piperidine rings is 1. The maximum Gasteiger partial charge on any atom is 0.250 e. The van der Waals surface area contributed by atoms with Crippen molar-refractivity contribution in [1.29, 1.82) is 0 Å². The molecule has 1 fully saturated rings. The van der Waals surface area contributed by atoms with Crippen LogP contribution in [0, 0.1) is 0 Å². The van der Waals surface area contributed by atoms with Crippen LogP contribution in [0.1, 0.15) is 26.7 Å². The van der Waals surface area contributed by atoms with Gasteiger partial charge in [-0.15, -0.1) is 11.3 Å². The van der Waals surface area contributed by atoms with Crippen LogP contribution in [0.2, 0.25) is 0 Å². The van der Waals surface area contributed by atoms with E-state index < -0.39 is 10.0 Å². The number of sulfonamides is 1. The van der Waals surface area contributed by atoms with E-state index in [1.165, 1.54) is 11.3 Å². The number of nitrogens with one attached hydrogen (secondary N) is 2. The van der Waals surface area contributed by atoms with E-state index in [2.05, 4.69) is 14.9 Å². The van der Waals surface area contributed by atoms with Crippen LogP contribution in [-0.4, -0.2) is 51.0 Å². The van der Waals surface area contributed by atoms with Crippen LogP contribution in [0.25, 0.3) is 0 Å².